The molecule has 4 amide bonds. The van der Waals surface area contributed by atoms with Crippen LogP contribution in [-0.4, -0.2) is 22.9 Å². The van der Waals surface area contributed by atoms with Crippen LogP contribution in [0.3, 0.4) is 0 Å². The molecule has 0 aromatic heterocycles. The predicted octanol–water partition coefficient (Wildman–Crippen LogP) is 0.717. The second kappa shape index (κ2) is 5.45. The minimum Gasteiger partial charge on any atom is -0.272 e. The van der Waals surface area contributed by atoms with Crippen LogP contribution >= 0.6 is 0 Å². The van der Waals surface area contributed by atoms with Gasteiger partial charge >= 0.3 is 6.03 Å². The van der Waals surface area contributed by atoms with Gasteiger partial charge in [-0.25, -0.2) is 15.0 Å². The van der Waals surface area contributed by atoms with Crippen LogP contribution in [0.4, 0.5) is 9.18 Å². The SMILES string of the molecule is NN1C(=O)NC(=O)/C(=C\C=C\c2cccc(F)c2)C1=O. The van der Waals surface area contributed by atoms with Crippen LogP contribution in [0, 0.1) is 5.82 Å². The molecule has 20 heavy (non-hydrogen) atoms. The summed E-state index contributed by atoms with van der Waals surface area (Å²) in [6.45, 7) is 0. The predicted molar refractivity (Wildman–Crippen MR) is 68.1 cm³/mol. The summed E-state index contributed by atoms with van der Waals surface area (Å²) in [7, 11) is 0. The lowest BCUT2D eigenvalue weighted by Gasteiger charge is -2.21. The van der Waals surface area contributed by atoms with E-state index in [1.54, 1.807) is 6.07 Å². The number of hydrazine groups is 1. The molecule has 7 heteroatoms. The molecule has 0 bridgehead atoms. The molecule has 6 nitrogen and oxygen atoms in total. The van der Waals surface area contributed by atoms with Crippen molar-refractivity contribution in [3.8, 4) is 0 Å². The minimum absolute atomic E-state index is 0.278. The molecule has 102 valence electrons. The molecule has 1 fully saturated rings. The highest BCUT2D eigenvalue weighted by Gasteiger charge is 2.33. The topological polar surface area (TPSA) is 92.5 Å². The number of rotatable bonds is 2. The van der Waals surface area contributed by atoms with E-state index in [0.29, 0.717) is 10.6 Å². The Morgan fingerprint density at radius 1 is 1.25 bits per heavy atom. The molecular formula is C13H10FN3O3. The van der Waals surface area contributed by atoms with Crippen molar-refractivity contribution in [2.24, 2.45) is 5.84 Å². The maximum atomic E-state index is 12.9. The van der Waals surface area contributed by atoms with Gasteiger partial charge in [-0.05, 0) is 23.8 Å². The first-order valence-electron chi connectivity index (χ1n) is 5.57. The first-order chi connectivity index (χ1) is 9.49. The molecule has 1 aromatic rings. The molecule has 0 saturated carbocycles. The zero-order valence-corrected chi connectivity index (χ0v) is 10.2. The Balaban J connectivity index is 2.20. The molecule has 2 rings (SSSR count). The van der Waals surface area contributed by atoms with Gasteiger partial charge in [-0.2, -0.15) is 5.01 Å². The smallest absolute Gasteiger partial charge is 0.272 e. The van der Waals surface area contributed by atoms with E-state index in [0.717, 1.165) is 0 Å². The fourth-order valence-corrected chi connectivity index (χ4v) is 1.56. The summed E-state index contributed by atoms with van der Waals surface area (Å²) in [6.07, 6.45) is 4.11. The normalized spacial score (nSPS) is 18.0. The molecule has 0 unspecified atom stereocenters. The van der Waals surface area contributed by atoms with Gasteiger partial charge in [0.2, 0.25) is 0 Å². The number of amides is 4. The number of hydrogen-bond acceptors (Lipinski definition) is 4. The van der Waals surface area contributed by atoms with E-state index in [4.69, 9.17) is 5.84 Å². The van der Waals surface area contributed by atoms with Gasteiger partial charge in [0.05, 0.1) is 0 Å². The van der Waals surface area contributed by atoms with Crippen molar-refractivity contribution in [1.29, 1.82) is 0 Å². The van der Waals surface area contributed by atoms with E-state index in [2.05, 4.69) is 0 Å². The number of nitrogens with zero attached hydrogens (tertiary/aromatic N) is 1. The molecule has 1 saturated heterocycles. The van der Waals surface area contributed by atoms with Gasteiger partial charge < -0.3 is 0 Å². The number of allylic oxidation sites excluding steroid dienone is 2. The van der Waals surface area contributed by atoms with Crippen molar-refractivity contribution >= 4 is 23.9 Å². The number of carbonyl (C=O) groups excluding carboxylic acids is 3. The highest BCUT2D eigenvalue weighted by Crippen LogP contribution is 2.09. The minimum atomic E-state index is -0.980. The van der Waals surface area contributed by atoms with Gasteiger partial charge in [-0.1, -0.05) is 24.3 Å². The maximum Gasteiger partial charge on any atom is 0.345 e. The van der Waals surface area contributed by atoms with Crippen molar-refractivity contribution < 1.29 is 18.8 Å². The van der Waals surface area contributed by atoms with Gasteiger partial charge in [0.1, 0.15) is 11.4 Å². The van der Waals surface area contributed by atoms with Crippen LogP contribution < -0.4 is 11.2 Å². The quantitative estimate of drug-likeness (QED) is 0.360. The van der Waals surface area contributed by atoms with E-state index in [1.165, 1.54) is 36.4 Å². The molecule has 1 aliphatic heterocycles. The summed E-state index contributed by atoms with van der Waals surface area (Å²) in [5.41, 5.74) is 0.283. The van der Waals surface area contributed by atoms with Gasteiger partial charge in [0, 0.05) is 0 Å². The summed E-state index contributed by atoms with van der Waals surface area (Å²) in [5.74, 6) is 3.06. The third kappa shape index (κ3) is 2.78. The second-order valence-electron chi connectivity index (χ2n) is 3.93. The molecule has 1 aromatic carbocycles. The average Bonchev–Trinajstić information content (AvgIpc) is 2.40. The Labute approximate surface area is 113 Å². The lowest BCUT2D eigenvalue weighted by Crippen LogP contribution is -2.57. The van der Waals surface area contributed by atoms with Crippen LogP contribution in [-0.2, 0) is 9.59 Å². The van der Waals surface area contributed by atoms with Crippen LogP contribution in [0.25, 0.3) is 6.08 Å². The van der Waals surface area contributed by atoms with E-state index in [1.807, 2.05) is 5.32 Å². The Kier molecular flexibility index (Phi) is 3.72. The van der Waals surface area contributed by atoms with Gasteiger partial charge in [-0.3, -0.25) is 14.9 Å². The number of halogens is 1. The Morgan fingerprint density at radius 3 is 2.70 bits per heavy atom. The standard InChI is InChI=1S/C13H10FN3O3/c14-9-5-1-3-8(7-9)4-2-6-10-11(18)16-13(20)17(15)12(10)19/h1-7H,15H2,(H,16,18,20)/b4-2+,10-6+. The number of nitrogens with two attached hydrogens (primary N) is 1. The molecule has 3 N–H and O–H groups in total. The highest BCUT2D eigenvalue weighted by atomic mass is 19.1. The second-order valence-corrected chi connectivity index (χ2v) is 3.93. The Morgan fingerprint density at radius 2 is 2.00 bits per heavy atom. The largest absolute Gasteiger partial charge is 0.345 e. The molecule has 0 aliphatic carbocycles. The zero-order chi connectivity index (χ0) is 14.7. The number of barbiturate groups is 1. The van der Waals surface area contributed by atoms with Crippen LogP contribution in [0.15, 0.2) is 42.0 Å². The van der Waals surface area contributed by atoms with Crippen molar-refractivity contribution in [2.75, 3.05) is 0 Å². The number of hydrogen-bond donors (Lipinski definition) is 2. The summed E-state index contributed by atoms with van der Waals surface area (Å²) in [5, 5.41) is 2.22. The van der Waals surface area contributed by atoms with Crippen molar-refractivity contribution in [1.82, 2.24) is 10.3 Å². The number of benzene rings is 1. The third-order valence-electron chi connectivity index (χ3n) is 2.53. The lowest BCUT2D eigenvalue weighted by atomic mass is 10.1. The van der Waals surface area contributed by atoms with Crippen LogP contribution in [0.5, 0.6) is 0 Å². The maximum absolute atomic E-state index is 12.9. The zero-order valence-electron chi connectivity index (χ0n) is 10.2. The molecule has 1 heterocycles. The average molecular weight is 275 g/mol. The van der Waals surface area contributed by atoms with E-state index < -0.39 is 23.7 Å². The van der Waals surface area contributed by atoms with E-state index >= 15 is 0 Å². The van der Waals surface area contributed by atoms with Crippen molar-refractivity contribution in [3.05, 3.63) is 53.4 Å². The fourth-order valence-electron chi connectivity index (χ4n) is 1.56. The van der Waals surface area contributed by atoms with Gasteiger partial charge in [0.25, 0.3) is 11.8 Å². The van der Waals surface area contributed by atoms with E-state index in [9.17, 15) is 18.8 Å². The number of urea groups is 1. The molecule has 0 radical (unpaired) electrons. The Bertz CT molecular complexity index is 652. The fraction of sp³-hybridized carbons (Fsp3) is 0. The molecule has 0 atom stereocenters. The Hall–Kier alpha value is -2.80. The van der Waals surface area contributed by atoms with Crippen molar-refractivity contribution in [3.63, 3.8) is 0 Å². The highest BCUT2D eigenvalue weighted by molar-refractivity contribution is 6.28. The van der Waals surface area contributed by atoms with Gasteiger partial charge in [0.15, 0.2) is 0 Å². The monoisotopic (exact) mass is 275 g/mol. The molecular weight excluding hydrogens is 265 g/mol. The first-order valence-corrected chi connectivity index (χ1v) is 5.57. The lowest BCUT2D eigenvalue weighted by molar-refractivity contribution is -0.130. The third-order valence-corrected chi connectivity index (χ3v) is 2.53. The number of imide groups is 2. The summed E-state index contributed by atoms with van der Waals surface area (Å²) < 4.78 is 12.9. The summed E-state index contributed by atoms with van der Waals surface area (Å²) >= 11 is 0. The molecule has 0 spiro atoms. The molecule has 1 aliphatic rings. The number of nitrogens with one attached hydrogen (secondary N) is 1. The number of carbonyl (C=O) groups is 3. The van der Waals surface area contributed by atoms with Gasteiger partial charge in [-0.15, -0.1) is 0 Å². The summed E-state index contributed by atoms with van der Waals surface area (Å²) in [6, 6.07) is 4.79. The van der Waals surface area contributed by atoms with Crippen LogP contribution in [0.2, 0.25) is 0 Å². The van der Waals surface area contributed by atoms with Crippen LogP contribution in [0.1, 0.15) is 5.56 Å². The first kappa shape index (κ1) is 13.6. The van der Waals surface area contributed by atoms with E-state index in [-0.39, 0.29) is 5.57 Å². The van der Waals surface area contributed by atoms with Crippen molar-refractivity contribution in [2.45, 2.75) is 0 Å². The summed E-state index contributed by atoms with van der Waals surface area (Å²) in [4.78, 5) is 34.1.